The molecule has 1 saturated heterocycles. The van der Waals surface area contributed by atoms with Gasteiger partial charge in [-0.25, -0.2) is 9.97 Å². The maximum absolute atomic E-state index is 12.6. The van der Waals surface area contributed by atoms with Crippen molar-refractivity contribution in [2.75, 3.05) is 13.1 Å². The number of carbonyl (C=O) groups excluding carboxylic acids is 1. The summed E-state index contributed by atoms with van der Waals surface area (Å²) >= 11 is 0. The monoisotopic (exact) mass is 345 g/mol. The van der Waals surface area contributed by atoms with E-state index in [2.05, 4.69) is 16.9 Å². The molecule has 5 nitrogen and oxygen atoms in total. The fourth-order valence-corrected chi connectivity index (χ4v) is 3.96. The van der Waals surface area contributed by atoms with E-state index >= 15 is 0 Å². The van der Waals surface area contributed by atoms with Gasteiger partial charge in [0.25, 0.3) is 0 Å². The van der Waals surface area contributed by atoms with Crippen molar-refractivity contribution in [2.24, 2.45) is 5.92 Å². The first-order valence-electron chi connectivity index (χ1n) is 10.00. The number of piperidine rings is 1. The van der Waals surface area contributed by atoms with Crippen LogP contribution in [0.25, 0.3) is 0 Å². The van der Waals surface area contributed by atoms with E-state index in [1.54, 1.807) is 0 Å². The van der Waals surface area contributed by atoms with Crippen molar-refractivity contribution in [3.8, 4) is 6.01 Å². The quantitative estimate of drug-likeness (QED) is 0.787. The predicted octanol–water partition coefficient (Wildman–Crippen LogP) is 3.77. The number of hydrogen-bond donors (Lipinski definition) is 0. The first-order chi connectivity index (χ1) is 12.2. The first kappa shape index (κ1) is 18.2. The molecule has 25 heavy (non-hydrogen) atoms. The van der Waals surface area contributed by atoms with Gasteiger partial charge in [-0.2, -0.15) is 0 Å². The van der Waals surface area contributed by atoms with Gasteiger partial charge in [-0.15, -0.1) is 0 Å². The Hall–Kier alpha value is -1.65. The fraction of sp³-hybridized carbons (Fsp3) is 0.750. The molecule has 1 aromatic heterocycles. The van der Waals surface area contributed by atoms with Crippen molar-refractivity contribution in [2.45, 2.75) is 77.2 Å². The molecule has 2 heterocycles. The molecule has 0 aromatic carbocycles. The van der Waals surface area contributed by atoms with E-state index in [-0.39, 0.29) is 6.10 Å². The van der Waals surface area contributed by atoms with Gasteiger partial charge in [-0.3, -0.25) is 4.79 Å². The minimum atomic E-state index is 0.0138. The van der Waals surface area contributed by atoms with Crippen LogP contribution < -0.4 is 4.74 Å². The number of aromatic nitrogens is 2. The van der Waals surface area contributed by atoms with Gasteiger partial charge in [-0.1, -0.05) is 39.0 Å². The SMILES string of the molecule is CCc1cnc(OC2CCCN(C(=O)CCC3CCCCC3)C2)nc1. The number of likely N-dealkylation sites (tertiary alicyclic amines) is 1. The molecule has 1 unspecified atom stereocenters. The molecule has 138 valence electrons. The summed E-state index contributed by atoms with van der Waals surface area (Å²) in [6, 6.07) is 0.429. The lowest BCUT2D eigenvalue weighted by atomic mass is 9.86. The second kappa shape index (κ2) is 9.16. The second-order valence-corrected chi connectivity index (χ2v) is 7.49. The van der Waals surface area contributed by atoms with Gasteiger partial charge in [0.15, 0.2) is 0 Å². The molecular formula is C20H31N3O2. The van der Waals surface area contributed by atoms with Crippen LogP contribution in [0.3, 0.4) is 0 Å². The van der Waals surface area contributed by atoms with Gasteiger partial charge >= 0.3 is 6.01 Å². The topological polar surface area (TPSA) is 55.3 Å². The molecule has 1 aliphatic heterocycles. The van der Waals surface area contributed by atoms with E-state index in [1.165, 1.54) is 32.1 Å². The third-order valence-corrected chi connectivity index (χ3v) is 5.58. The van der Waals surface area contributed by atoms with Crippen LogP contribution >= 0.6 is 0 Å². The largest absolute Gasteiger partial charge is 0.458 e. The Bertz CT molecular complexity index is 540. The summed E-state index contributed by atoms with van der Waals surface area (Å²) in [5, 5.41) is 0. The lowest BCUT2D eigenvalue weighted by Crippen LogP contribution is -2.44. The van der Waals surface area contributed by atoms with Crippen molar-refractivity contribution >= 4 is 5.91 Å². The average Bonchev–Trinajstić information content (AvgIpc) is 2.68. The number of nitrogens with zero attached hydrogens (tertiary/aromatic N) is 3. The third kappa shape index (κ3) is 5.41. The Labute approximate surface area is 151 Å². The van der Waals surface area contributed by atoms with E-state index in [0.717, 1.165) is 43.7 Å². The van der Waals surface area contributed by atoms with Gasteiger partial charge in [0.1, 0.15) is 6.10 Å². The molecule has 1 aliphatic carbocycles. The Morgan fingerprint density at radius 1 is 1.16 bits per heavy atom. The van der Waals surface area contributed by atoms with Crippen LogP contribution in [-0.2, 0) is 11.2 Å². The van der Waals surface area contributed by atoms with E-state index < -0.39 is 0 Å². The molecule has 2 aliphatic rings. The molecule has 0 N–H and O–H groups in total. The van der Waals surface area contributed by atoms with Crippen molar-refractivity contribution in [3.63, 3.8) is 0 Å². The summed E-state index contributed by atoms with van der Waals surface area (Å²) in [5.41, 5.74) is 1.11. The number of amides is 1. The number of rotatable bonds is 6. The number of aryl methyl sites for hydroxylation is 1. The molecule has 1 saturated carbocycles. The highest BCUT2D eigenvalue weighted by Gasteiger charge is 2.26. The molecule has 2 fully saturated rings. The van der Waals surface area contributed by atoms with Gasteiger partial charge in [0.05, 0.1) is 6.54 Å². The molecule has 0 radical (unpaired) electrons. The van der Waals surface area contributed by atoms with Gasteiger partial charge in [0.2, 0.25) is 5.91 Å². The van der Waals surface area contributed by atoms with Crippen LogP contribution in [-0.4, -0.2) is 40.0 Å². The Morgan fingerprint density at radius 3 is 2.64 bits per heavy atom. The number of ether oxygens (including phenoxy) is 1. The highest BCUT2D eigenvalue weighted by molar-refractivity contribution is 5.76. The maximum atomic E-state index is 12.6. The Morgan fingerprint density at radius 2 is 1.92 bits per heavy atom. The molecule has 1 atom stereocenters. The lowest BCUT2D eigenvalue weighted by Gasteiger charge is -2.33. The van der Waals surface area contributed by atoms with E-state index in [1.807, 2.05) is 17.3 Å². The molecule has 1 aromatic rings. The molecule has 1 amide bonds. The smallest absolute Gasteiger partial charge is 0.316 e. The van der Waals surface area contributed by atoms with Crippen LogP contribution in [0.1, 0.15) is 70.3 Å². The van der Waals surface area contributed by atoms with Crippen LogP contribution in [0.4, 0.5) is 0 Å². The third-order valence-electron chi connectivity index (χ3n) is 5.58. The van der Waals surface area contributed by atoms with Gasteiger partial charge in [0, 0.05) is 25.4 Å². The van der Waals surface area contributed by atoms with Crippen molar-refractivity contribution in [1.82, 2.24) is 14.9 Å². The summed E-state index contributed by atoms with van der Waals surface area (Å²) in [6.07, 6.45) is 15.0. The zero-order valence-corrected chi connectivity index (χ0v) is 15.5. The van der Waals surface area contributed by atoms with Crippen LogP contribution in [0.2, 0.25) is 0 Å². The van der Waals surface area contributed by atoms with E-state index in [9.17, 15) is 4.79 Å². The average molecular weight is 345 g/mol. The van der Waals surface area contributed by atoms with Crippen LogP contribution in [0, 0.1) is 5.92 Å². The summed E-state index contributed by atoms with van der Waals surface area (Å²) in [6.45, 7) is 3.61. The summed E-state index contributed by atoms with van der Waals surface area (Å²) in [4.78, 5) is 23.1. The molecule has 3 rings (SSSR count). The molecule has 5 heteroatoms. The minimum absolute atomic E-state index is 0.0138. The van der Waals surface area contributed by atoms with Gasteiger partial charge < -0.3 is 9.64 Å². The first-order valence-corrected chi connectivity index (χ1v) is 10.00. The van der Waals surface area contributed by atoms with Crippen molar-refractivity contribution in [3.05, 3.63) is 18.0 Å². The highest BCUT2D eigenvalue weighted by atomic mass is 16.5. The fourth-order valence-electron chi connectivity index (χ4n) is 3.96. The molecule has 0 bridgehead atoms. The van der Waals surface area contributed by atoms with Crippen molar-refractivity contribution < 1.29 is 9.53 Å². The molecular weight excluding hydrogens is 314 g/mol. The predicted molar refractivity (Wildman–Crippen MR) is 97.4 cm³/mol. The zero-order valence-electron chi connectivity index (χ0n) is 15.5. The number of carbonyl (C=O) groups is 1. The normalized spacial score (nSPS) is 22.0. The summed E-state index contributed by atoms with van der Waals surface area (Å²) in [7, 11) is 0. The second-order valence-electron chi connectivity index (χ2n) is 7.49. The van der Waals surface area contributed by atoms with E-state index in [0.29, 0.717) is 24.9 Å². The number of hydrogen-bond acceptors (Lipinski definition) is 4. The summed E-state index contributed by atoms with van der Waals surface area (Å²) in [5.74, 6) is 1.06. The zero-order chi connectivity index (χ0) is 17.5. The standard InChI is InChI=1S/C20H31N3O2/c1-2-16-13-21-20(22-14-16)25-18-9-6-12-23(15-18)19(24)11-10-17-7-4-3-5-8-17/h13-14,17-18H,2-12,15H2,1H3. The Balaban J connectivity index is 1.45. The molecule has 0 spiro atoms. The lowest BCUT2D eigenvalue weighted by molar-refractivity contribution is -0.134. The van der Waals surface area contributed by atoms with Crippen LogP contribution in [0.15, 0.2) is 12.4 Å². The van der Waals surface area contributed by atoms with Gasteiger partial charge in [-0.05, 0) is 37.2 Å². The van der Waals surface area contributed by atoms with Crippen molar-refractivity contribution in [1.29, 1.82) is 0 Å². The van der Waals surface area contributed by atoms with E-state index in [4.69, 9.17) is 4.74 Å². The maximum Gasteiger partial charge on any atom is 0.316 e. The Kier molecular flexibility index (Phi) is 6.65. The highest BCUT2D eigenvalue weighted by Crippen LogP contribution is 2.27. The van der Waals surface area contributed by atoms with Crippen LogP contribution in [0.5, 0.6) is 6.01 Å². The minimum Gasteiger partial charge on any atom is -0.458 e. The summed E-state index contributed by atoms with van der Waals surface area (Å²) < 4.78 is 5.91.